The molecule has 0 atom stereocenters. The third kappa shape index (κ3) is 3.33. The highest BCUT2D eigenvalue weighted by atomic mass is 17.2. The van der Waals surface area contributed by atoms with Crippen LogP contribution in [0, 0.1) is 5.92 Å². The fourth-order valence-corrected chi connectivity index (χ4v) is 2.67. The minimum absolute atomic E-state index is 0.299. The summed E-state index contributed by atoms with van der Waals surface area (Å²) in [5.74, 6) is -0.234. The van der Waals surface area contributed by atoms with Crippen molar-refractivity contribution in [3.8, 4) is 0 Å². The summed E-state index contributed by atoms with van der Waals surface area (Å²) >= 11 is 0. The number of rotatable bonds is 6. The van der Waals surface area contributed by atoms with Gasteiger partial charge in [-0.25, -0.2) is 4.79 Å². The second-order valence-corrected chi connectivity index (χ2v) is 4.79. The zero-order valence-corrected chi connectivity index (χ0v) is 10.7. The van der Waals surface area contributed by atoms with E-state index in [1.165, 1.54) is 24.0 Å². The molecule has 0 saturated carbocycles. The van der Waals surface area contributed by atoms with Crippen molar-refractivity contribution in [2.24, 2.45) is 5.92 Å². The fraction of sp³-hybridized carbons (Fsp3) is 0.533. The lowest BCUT2D eigenvalue weighted by Gasteiger charge is -2.19. The van der Waals surface area contributed by atoms with Gasteiger partial charge < -0.3 is 0 Å². The molecule has 0 N–H and O–H groups in total. The largest absolute Gasteiger partial charge is 0.365 e. The molecule has 2 rings (SSSR count). The molecule has 3 heteroatoms. The molecule has 0 aromatic carbocycles. The first-order valence-corrected chi connectivity index (χ1v) is 6.65. The van der Waals surface area contributed by atoms with Gasteiger partial charge in [0.1, 0.15) is 6.61 Å². The summed E-state index contributed by atoms with van der Waals surface area (Å²) in [4.78, 5) is 20.6. The van der Waals surface area contributed by atoms with Gasteiger partial charge in [-0.15, -0.1) is 0 Å². The minimum Gasteiger partial charge on any atom is -0.294 e. The van der Waals surface area contributed by atoms with Crippen molar-refractivity contribution in [3.05, 3.63) is 36.0 Å². The average molecular weight is 248 g/mol. The summed E-state index contributed by atoms with van der Waals surface area (Å²) in [6, 6.07) is 0. The quantitative estimate of drug-likeness (QED) is 0.312. The van der Waals surface area contributed by atoms with Crippen LogP contribution in [0.2, 0.25) is 0 Å². The SMILES string of the molecule is C=CC(=O)OOCC(C1=CCCC1)C1=CCCC1. The van der Waals surface area contributed by atoms with E-state index in [4.69, 9.17) is 4.89 Å². The number of allylic oxidation sites excluding steroid dienone is 2. The molecule has 2 aliphatic rings. The molecule has 0 aromatic heterocycles. The smallest absolute Gasteiger partial charge is 0.294 e. The third-order valence-corrected chi connectivity index (χ3v) is 3.59. The van der Waals surface area contributed by atoms with Crippen molar-refractivity contribution in [1.82, 2.24) is 0 Å². The highest BCUT2D eigenvalue weighted by Gasteiger charge is 2.23. The maximum absolute atomic E-state index is 10.9. The molecule has 18 heavy (non-hydrogen) atoms. The Morgan fingerprint density at radius 2 is 1.89 bits per heavy atom. The Morgan fingerprint density at radius 3 is 2.33 bits per heavy atom. The van der Waals surface area contributed by atoms with E-state index in [1.807, 2.05) is 0 Å². The third-order valence-electron chi connectivity index (χ3n) is 3.59. The van der Waals surface area contributed by atoms with E-state index >= 15 is 0 Å². The monoisotopic (exact) mass is 248 g/mol. The van der Waals surface area contributed by atoms with E-state index in [0.29, 0.717) is 12.5 Å². The molecule has 0 saturated heterocycles. The molecule has 0 fully saturated rings. The van der Waals surface area contributed by atoms with Gasteiger partial charge >= 0.3 is 5.97 Å². The van der Waals surface area contributed by atoms with Crippen molar-refractivity contribution >= 4 is 5.97 Å². The fourth-order valence-electron chi connectivity index (χ4n) is 2.67. The molecule has 0 amide bonds. The second-order valence-electron chi connectivity index (χ2n) is 4.79. The zero-order chi connectivity index (χ0) is 12.8. The molecule has 0 aliphatic heterocycles. The summed E-state index contributed by atoms with van der Waals surface area (Å²) in [5.41, 5.74) is 2.88. The van der Waals surface area contributed by atoms with Gasteiger partial charge in [0, 0.05) is 12.0 Å². The molecule has 0 heterocycles. The molecule has 0 unspecified atom stereocenters. The molecule has 3 nitrogen and oxygen atoms in total. The van der Waals surface area contributed by atoms with Crippen molar-refractivity contribution in [2.75, 3.05) is 6.61 Å². The van der Waals surface area contributed by atoms with Gasteiger partial charge in [-0.05, 0) is 38.5 Å². The van der Waals surface area contributed by atoms with Gasteiger partial charge in [0.15, 0.2) is 0 Å². The van der Waals surface area contributed by atoms with Crippen LogP contribution in [0.25, 0.3) is 0 Å². The van der Waals surface area contributed by atoms with Crippen LogP contribution in [0.1, 0.15) is 38.5 Å². The van der Waals surface area contributed by atoms with Crippen LogP contribution < -0.4 is 0 Å². The molecule has 0 aromatic rings. The van der Waals surface area contributed by atoms with E-state index in [9.17, 15) is 4.79 Å². The summed E-state index contributed by atoms with van der Waals surface area (Å²) in [5, 5.41) is 0. The number of carbonyl (C=O) groups is 1. The molecule has 0 spiro atoms. The molecule has 0 bridgehead atoms. The molecule has 0 radical (unpaired) electrons. The van der Waals surface area contributed by atoms with E-state index in [-0.39, 0.29) is 0 Å². The van der Waals surface area contributed by atoms with E-state index in [2.05, 4.69) is 23.6 Å². The standard InChI is InChI=1S/C15H20O3/c1-2-15(16)18-17-11-14(12-7-3-4-8-12)13-9-5-6-10-13/h2,7,9,14H,1,3-6,8,10-11H2. The number of hydrogen-bond acceptors (Lipinski definition) is 3. The summed E-state index contributed by atoms with van der Waals surface area (Å²) in [6.45, 7) is 3.76. The van der Waals surface area contributed by atoms with Gasteiger partial charge in [-0.2, -0.15) is 4.89 Å². The van der Waals surface area contributed by atoms with Gasteiger partial charge in [0.05, 0.1) is 0 Å². The van der Waals surface area contributed by atoms with Crippen LogP contribution in [0.15, 0.2) is 36.0 Å². The van der Waals surface area contributed by atoms with E-state index in [1.54, 1.807) is 0 Å². The van der Waals surface area contributed by atoms with Crippen LogP contribution in [-0.2, 0) is 14.6 Å². The Balaban J connectivity index is 1.92. The zero-order valence-electron chi connectivity index (χ0n) is 10.7. The van der Waals surface area contributed by atoms with Gasteiger partial charge in [-0.3, -0.25) is 4.89 Å². The van der Waals surface area contributed by atoms with Gasteiger partial charge in [0.25, 0.3) is 0 Å². The Kier molecular flexibility index (Phi) is 4.76. The first-order valence-electron chi connectivity index (χ1n) is 6.65. The van der Waals surface area contributed by atoms with Crippen LogP contribution in [0.3, 0.4) is 0 Å². The lowest BCUT2D eigenvalue weighted by molar-refractivity contribution is -0.270. The summed E-state index contributed by atoms with van der Waals surface area (Å²) < 4.78 is 0. The molecular formula is C15H20O3. The lowest BCUT2D eigenvalue weighted by Crippen LogP contribution is -2.15. The summed E-state index contributed by atoms with van der Waals surface area (Å²) in [6.07, 6.45) is 12.8. The van der Waals surface area contributed by atoms with Crippen molar-refractivity contribution in [1.29, 1.82) is 0 Å². The number of carbonyl (C=O) groups excluding carboxylic acids is 1. The maximum atomic E-state index is 10.9. The highest BCUT2D eigenvalue weighted by Crippen LogP contribution is 2.35. The minimum atomic E-state index is -0.533. The van der Waals surface area contributed by atoms with Crippen LogP contribution >= 0.6 is 0 Å². The molecular weight excluding hydrogens is 228 g/mol. The average Bonchev–Trinajstić information content (AvgIpc) is 3.06. The lowest BCUT2D eigenvalue weighted by atomic mass is 9.90. The molecule has 98 valence electrons. The van der Waals surface area contributed by atoms with E-state index < -0.39 is 5.97 Å². The van der Waals surface area contributed by atoms with Crippen LogP contribution in [0.4, 0.5) is 0 Å². The Bertz CT molecular complexity index is 355. The first-order chi connectivity index (χ1) is 8.81. The predicted octanol–water partition coefficient (Wildman–Crippen LogP) is 3.48. The van der Waals surface area contributed by atoms with Crippen LogP contribution in [0.5, 0.6) is 0 Å². The van der Waals surface area contributed by atoms with Crippen LogP contribution in [-0.4, -0.2) is 12.6 Å². The maximum Gasteiger partial charge on any atom is 0.365 e. The normalized spacial score (nSPS) is 18.7. The first kappa shape index (κ1) is 13.1. The molecule has 2 aliphatic carbocycles. The van der Waals surface area contributed by atoms with Gasteiger partial charge in [0.2, 0.25) is 0 Å². The Labute approximate surface area is 108 Å². The van der Waals surface area contributed by atoms with Crippen molar-refractivity contribution < 1.29 is 14.6 Å². The predicted molar refractivity (Wildman–Crippen MR) is 69.6 cm³/mol. The van der Waals surface area contributed by atoms with Crippen molar-refractivity contribution in [3.63, 3.8) is 0 Å². The van der Waals surface area contributed by atoms with E-state index in [0.717, 1.165) is 31.8 Å². The second kappa shape index (κ2) is 6.55. The van der Waals surface area contributed by atoms with Gasteiger partial charge in [-0.1, -0.05) is 29.9 Å². The Morgan fingerprint density at radius 1 is 1.28 bits per heavy atom. The number of hydrogen-bond donors (Lipinski definition) is 0. The highest BCUT2D eigenvalue weighted by molar-refractivity contribution is 5.80. The summed E-state index contributed by atoms with van der Waals surface area (Å²) in [7, 11) is 0. The topological polar surface area (TPSA) is 35.5 Å². The Hall–Kier alpha value is -1.35. The van der Waals surface area contributed by atoms with Crippen molar-refractivity contribution in [2.45, 2.75) is 38.5 Å².